The molecule has 0 amide bonds. The molecule has 0 spiro atoms. The van der Waals surface area contributed by atoms with Crippen LogP contribution in [0.1, 0.15) is 0 Å². The van der Waals surface area contributed by atoms with Gasteiger partial charge in [-0.15, -0.1) is 0 Å². The molecule has 32 heavy (non-hydrogen) atoms. The van der Waals surface area contributed by atoms with Crippen molar-refractivity contribution < 1.29 is 0 Å². The van der Waals surface area contributed by atoms with Gasteiger partial charge >= 0.3 is 0 Å². The molecule has 2 heterocycles. The Hall–Kier alpha value is -3.69. The number of fused-ring (bicyclic) bond motifs is 3. The Morgan fingerprint density at radius 3 is 1.78 bits per heavy atom. The zero-order valence-electron chi connectivity index (χ0n) is 17.2. The Balaban J connectivity index is 1.72. The zero-order valence-corrected chi connectivity index (χ0v) is 18.8. The first-order valence-electron chi connectivity index (χ1n) is 10.6. The van der Waals surface area contributed by atoms with Gasteiger partial charge in [-0.25, -0.2) is 4.98 Å². The van der Waals surface area contributed by atoms with E-state index < -0.39 is 0 Å². The molecule has 0 N–H and O–H groups in total. The second-order valence-electron chi connectivity index (χ2n) is 7.82. The number of hydrogen-bond acceptors (Lipinski definition) is 1. The molecule has 0 fully saturated rings. The van der Waals surface area contributed by atoms with Gasteiger partial charge in [-0.3, -0.25) is 0 Å². The SMILES string of the molecule is Brc1cccc2c3ccccc3n(-c3cc(-c4ccccc4)nc(-c4ccccc4)c3)c12. The average Bonchev–Trinajstić information content (AvgIpc) is 3.21. The highest BCUT2D eigenvalue weighted by Crippen LogP contribution is 2.37. The zero-order chi connectivity index (χ0) is 21.5. The fraction of sp³-hybridized carbons (Fsp3) is 0. The summed E-state index contributed by atoms with van der Waals surface area (Å²) < 4.78 is 3.42. The maximum atomic E-state index is 5.04. The van der Waals surface area contributed by atoms with Gasteiger partial charge in [0.15, 0.2) is 0 Å². The molecular weight excluding hydrogens is 456 g/mol. The lowest BCUT2D eigenvalue weighted by Crippen LogP contribution is -1.98. The van der Waals surface area contributed by atoms with Gasteiger partial charge in [-0.2, -0.15) is 0 Å². The summed E-state index contributed by atoms with van der Waals surface area (Å²) in [5, 5.41) is 2.47. The van der Waals surface area contributed by atoms with E-state index in [1.54, 1.807) is 0 Å². The summed E-state index contributed by atoms with van der Waals surface area (Å²) in [6.07, 6.45) is 0. The molecule has 4 aromatic carbocycles. The second kappa shape index (κ2) is 7.77. The first kappa shape index (κ1) is 19.0. The van der Waals surface area contributed by atoms with Crippen LogP contribution in [0.15, 0.2) is 120 Å². The van der Waals surface area contributed by atoms with Crippen LogP contribution in [0.4, 0.5) is 0 Å². The number of benzene rings is 4. The van der Waals surface area contributed by atoms with Crippen LogP contribution >= 0.6 is 15.9 Å². The molecule has 0 aliphatic carbocycles. The van der Waals surface area contributed by atoms with Crippen molar-refractivity contribution in [2.45, 2.75) is 0 Å². The van der Waals surface area contributed by atoms with Crippen molar-refractivity contribution in [3.05, 3.63) is 120 Å². The average molecular weight is 475 g/mol. The lowest BCUT2D eigenvalue weighted by Gasteiger charge is -2.13. The van der Waals surface area contributed by atoms with Crippen LogP contribution in [0.5, 0.6) is 0 Å². The molecule has 152 valence electrons. The van der Waals surface area contributed by atoms with E-state index in [4.69, 9.17) is 4.98 Å². The predicted molar refractivity (Wildman–Crippen MR) is 137 cm³/mol. The van der Waals surface area contributed by atoms with Gasteiger partial charge in [0.05, 0.1) is 28.1 Å². The molecule has 0 bridgehead atoms. The van der Waals surface area contributed by atoms with Crippen LogP contribution in [-0.2, 0) is 0 Å². The summed E-state index contributed by atoms with van der Waals surface area (Å²) in [5.74, 6) is 0. The smallest absolute Gasteiger partial charge is 0.0730 e. The number of aromatic nitrogens is 2. The maximum absolute atomic E-state index is 5.04. The summed E-state index contributed by atoms with van der Waals surface area (Å²) in [4.78, 5) is 5.04. The number of halogens is 1. The molecule has 0 unspecified atom stereocenters. The topological polar surface area (TPSA) is 17.8 Å². The Bertz CT molecular complexity index is 1510. The van der Waals surface area contributed by atoms with Crippen molar-refractivity contribution in [1.82, 2.24) is 9.55 Å². The van der Waals surface area contributed by atoms with Crippen molar-refractivity contribution >= 4 is 37.7 Å². The second-order valence-corrected chi connectivity index (χ2v) is 8.67. The standard InChI is InChI=1S/C29H19BrN2/c30-25-16-9-15-24-23-14-7-8-17-28(23)32(29(24)25)22-18-26(20-10-3-1-4-11-20)31-27(19-22)21-12-5-2-6-13-21/h1-19H. The third-order valence-electron chi connectivity index (χ3n) is 5.85. The Morgan fingerprint density at radius 2 is 1.12 bits per heavy atom. The number of nitrogens with zero attached hydrogens (tertiary/aromatic N) is 2. The molecule has 0 atom stereocenters. The summed E-state index contributed by atoms with van der Waals surface area (Å²) >= 11 is 3.81. The number of hydrogen-bond donors (Lipinski definition) is 0. The number of pyridine rings is 1. The Labute approximate surface area is 194 Å². The molecular formula is C29H19BrN2. The minimum absolute atomic E-state index is 0.958. The number of para-hydroxylation sites is 2. The quantitative estimate of drug-likeness (QED) is 0.252. The van der Waals surface area contributed by atoms with E-state index in [-0.39, 0.29) is 0 Å². The molecule has 3 heteroatoms. The summed E-state index contributed by atoms with van der Waals surface area (Å²) in [6, 6.07) is 40.1. The van der Waals surface area contributed by atoms with Crippen LogP contribution in [0.2, 0.25) is 0 Å². The molecule has 6 rings (SSSR count). The molecule has 2 aromatic heterocycles. The fourth-order valence-corrected chi connectivity index (χ4v) is 4.95. The van der Waals surface area contributed by atoms with Crippen LogP contribution in [-0.4, -0.2) is 9.55 Å². The van der Waals surface area contributed by atoms with Crippen molar-refractivity contribution in [3.8, 4) is 28.2 Å². The third kappa shape index (κ3) is 3.14. The van der Waals surface area contributed by atoms with Crippen LogP contribution < -0.4 is 0 Å². The van der Waals surface area contributed by atoms with Gasteiger partial charge < -0.3 is 4.57 Å². The van der Waals surface area contributed by atoms with Gasteiger partial charge in [0, 0.05) is 26.4 Å². The Kier molecular flexibility index (Phi) is 4.62. The monoisotopic (exact) mass is 474 g/mol. The fourth-order valence-electron chi connectivity index (χ4n) is 4.40. The van der Waals surface area contributed by atoms with E-state index in [1.807, 2.05) is 12.1 Å². The van der Waals surface area contributed by atoms with Crippen LogP contribution in [0.3, 0.4) is 0 Å². The lowest BCUT2D eigenvalue weighted by atomic mass is 10.1. The van der Waals surface area contributed by atoms with E-state index >= 15 is 0 Å². The minimum atomic E-state index is 0.958. The summed E-state index contributed by atoms with van der Waals surface area (Å²) in [7, 11) is 0. The van der Waals surface area contributed by atoms with Gasteiger partial charge in [-0.1, -0.05) is 91.0 Å². The van der Waals surface area contributed by atoms with Crippen LogP contribution in [0.25, 0.3) is 50.0 Å². The van der Waals surface area contributed by atoms with Gasteiger partial charge in [0.25, 0.3) is 0 Å². The molecule has 0 radical (unpaired) electrons. The maximum Gasteiger partial charge on any atom is 0.0730 e. The predicted octanol–water partition coefficient (Wildman–Crippen LogP) is 8.28. The molecule has 2 nitrogen and oxygen atoms in total. The van der Waals surface area contributed by atoms with E-state index in [1.165, 1.54) is 16.3 Å². The van der Waals surface area contributed by atoms with Crippen molar-refractivity contribution in [2.75, 3.05) is 0 Å². The van der Waals surface area contributed by atoms with E-state index in [0.29, 0.717) is 0 Å². The lowest BCUT2D eigenvalue weighted by molar-refractivity contribution is 1.16. The highest BCUT2D eigenvalue weighted by atomic mass is 79.9. The summed E-state index contributed by atoms with van der Waals surface area (Å²) in [5.41, 5.74) is 7.56. The van der Waals surface area contributed by atoms with E-state index in [0.717, 1.165) is 38.2 Å². The highest BCUT2D eigenvalue weighted by Gasteiger charge is 2.16. The van der Waals surface area contributed by atoms with Crippen molar-refractivity contribution in [2.24, 2.45) is 0 Å². The largest absolute Gasteiger partial charge is 0.308 e. The van der Waals surface area contributed by atoms with E-state index in [2.05, 4.69) is 124 Å². The third-order valence-corrected chi connectivity index (χ3v) is 6.49. The first-order valence-corrected chi connectivity index (χ1v) is 11.4. The molecule has 6 aromatic rings. The normalized spacial score (nSPS) is 11.3. The van der Waals surface area contributed by atoms with Gasteiger partial charge in [0.1, 0.15) is 0 Å². The molecule has 0 saturated heterocycles. The number of rotatable bonds is 3. The van der Waals surface area contributed by atoms with Gasteiger partial charge in [0.2, 0.25) is 0 Å². The van der Waals surface area contributed by atoms with Gasteiger partial charge in [-0.05, 0) is 40.2 Å². The minimum Gasteiger partial charge on any atom is -0.308 e. The molecule has 0 aliphatic rings. The van der Waals surface area contributed by atoms with E-state index in [9.17, 15) is 0 Å². The van der Waals surface area contributed by atoms with Crippen LogP contribution in [0, 0.1) is 0 Å². The highest BCUT2D eigenvalue weighted by molar-refractivity contribution is 9.10. The molecule has 0 aliphatic heterocycles. The summed E-state index contributed by atoms with van der Waals surface area (Å²) in [6.45, 7) is 0. The molecule has 0 saturated carbocycles. The van der Waals surface area contributed by atoms with Crippen molar-refractivity contribution in [1.29, 1.82) is 0 Å². The Morgan fingerprint density at radius 1 is 0.562 bits per heavy atom. The first-order chi connectivity index (χ1) is 15.8. The van der Waals surface area contributed by atoms with Crippen molar-refractivity contribution in [3.63, 3.8) is 0 Å².